The van der Waals surface area contributed by atoms with Crippen molar-refractivity contribution in [1.29, 1.82) is 0 Å². The number of phenols is 1. The van der Waals surface area contributed by atoms with Gasteiger partial charge in [-0.05, 0) is 44.7 Å². The highest BCUT2D eigenvalue weighted by molar-refractivity contribution is 5.18. The van der Waals surface area contributed by atoms with Crippen LogP contribution in [0.3, 0.4) is 0 Å². The van der Waals surface area contributed by atoms with Gasteiger partial charge < -0.3 is 14.9 Å². The van der Waals surface area contributed by atoms with E-state index in [2.05, 4.69) is 13.8 Å². The molecule has 0 aromatic heterocycles. The molecule has 3 heteroatoms. The SMILES string of the molecule is CC(C)CCCOC(C)(C)O.Oc1ccccc1. The summed E-state index contributed by atoms with van der Waals surface area (Å²) in [5.41, 5.74) is 0. The quantitative estimate of drug-likeness (QED) is 0.624. The average molecular weight is 254 g/mol. The van der Waals surface area contributed by atoms with Gasteiger partial charge in [0.1, 0.15) is 5.75 Å². The second-order valence-corrected chi connectivity index (χ2v) is 5.17. The fourth-order valence-corrected chi connectivity index (χ4v) is 1.24. The minimum atomic E-state index is -0.961. The van der Waals surface area contributed by atoms with E-state index < -0.39 is 5.79 Å². The van der Waals surface area contributed by atoms with Gasteiger partial charge in [0.05, 0.1) is 0 Å². The van der Waals surface area contributed by atoms with Crippen molar-refractivity contribution in [2.75, 3.05) is 6.61 Å². The van der Waals surface area contributed by atoms with Crippen LogP contribution < -0.4 is 0 Å². The Morgan fingerprint density at radius 1 is 1.17 bits per heavy atom. The fourth-order valence-electron chi connectivity index (χ4n) is 1.24. The lowest BCUT2D eigenvalue weighted by Gasteiger charge is -2.18. The molecule has 0 atom stereocenters. The van der Waals surface area contributed by atoms with Crippen molar-refractivity contribution in [1.82, 2.24) is 0 Å². The molecule has 0 fully saturated rings. The molecule has 2 N–H and O–H groups in total. The Morgan fingerprint density at radius 3 is 2.06 bits per heavy atom. The number of hydrogen-bond donors (Lipinski definition) is 2. The summed E-state index contributed by atoms with van der Waals surface area (Å²) in [7, 11) is 0. The van der Waals surface area contributed by atoms with Gasteiger partial charge in [-0.2, -0.15) is 0 Å². The van der Waals surface area contributed by atoms with Gasteiger partial charge in [-0.15, -0.1) is 0 Å². The van der Waals surface area contributed by atoms with Crippen LogP contribution in [0.25, 0.3) is 0 Å². The number of hydrogen-bond acceptors (Lipinski definition) is 3. The maximum absolute atomic E-state index is 9.16. The summed E-state index contributed by atoms with van der Waals surface area (Å²) >= 11 is 0. The molecule has 0 saturated heterocycles. The minimum absolute atomic E-state index is 0.322. The van der Waals surface area contributed by atoms with E-state index in [4.69, 9.17) is 14.9 Å². The molecule has 0 heterocycles. The van der Waals surface area contributed by atoms with Gasteiger partial charge in [-0.25, -0.2) is 0 Å². The number of para-hydroxylation sites is 1. The van der Waals surface area contributed by atoms with Crippen LogP contribution in [-0.4, -0.2) is 22.6 Å². The van der Waals surface area contributed by atoms with Crippen LogP contribution in [0, 0.1) is 5.92 Å². The summed E-state index contributed by atoms with van der Waals surface area (Å²) in [6, 6.07) is 8.71. The molecule has 0 aliphatic heterocycles. The predicted octanol–water partition coefficient (Wildman–Crippen LogP) is 3.56. The molecular weight excluding hydrogens is 228 g/mol. The van der Waals surface area contributed by atoms with Crippen LogP contribution in [0.4, 0.5) is 0 Å². The van der Waals surface area contributed by atoms with Crippen LogP contribution in [0.5, 0.6) is 5.75 Å². The van der Waals surface area contributed by atoms with Gasteiger partial charge in [-0.1, -0.05) is 32.0 Å². The maximum Gasteiger partial charge on any atom is 0.159 e. The standard InChI is InChI=1S/C9H20O2.C6H6O/c1-8(2)6-5-7-11-9(3,4)10;7-6-4-2-1-3-5-6/h8,10H,5-7H2,1-4H3;1-5,7H. The van der Waals surface area contributed by atoms with Crippen LogP contribution in [0.2, 0.25) is 0 Å². The highest BCUT2D eigenvalue weighted by Crippen LogP contribution is 2.07. The van der Waals surface area contributed by atoms with E-state index in [0.29, 0.717) is 12.4 Å². The van der Waals surface area contributed by atoms with E-state index in [1.54, 1.807) is 38.1 Å². The van der Waals surface area contributed by atoms with Crippen molar-refractivity contribution < 1.29 is 14.9 Å². The van der Waals surface area contributed by atoms with Crippen molar-refractivity contribution >= 4 is 0 Å². The lowest BCUT2D eigenvalue weighted by molar-refractivity contribution is -0.176. The first kappa shape index (κ1) is 16.9. The molecule has 0 aliphatic rings. The summed E-state index contributed by atoms with van der Waals surface area (Å²) in [6.07, 6.45) is 2.19. The molecule has 0 aliphatic carbocycles. The van der Waals surface area contributed by atoms with Crippen molar-refractivity contribution in [3.63, 3.8) is 0 Å². The lowest BCUT2D eigenvalue weighted by atomic mass is 10.1. The largest absolute Gasteiger partial charge is 0.508 e. The van der Waals surface area contributed by atoms with E-state index in [-0.39, 0.29) is 0 Å². The van der Waals surface area contributed by atoms with Crippen LogP contribution in [0.1, 0.15) is 40.5 Å². The molecule has 0 saturated carbocycles. The third kappa shape index (κ3) is 13.0. The van der Waals surface area contributed by atoms with Crippen molar-refractivity contribution in [2.45, 2.75) is 46.3 Å². The van der Waals surface area contributed by atoms with E-state index in [1.165, 1.54) is 0 Å². The van der Waals surface area contributed by atoms with Crippen LogP contribution >= 0.6 is 0 Å². The molecule has 0 spiro atoms. The molecule has 1 rings (SSSR count). The molecule has 18 heavy (non-hydrogen) atoms. The van der Waals surface area contributed by atoms with E-state index >= 15 is 0 Å². The first-order valence-corrected chi connectivity index (χ1v) is 6.41. The Hall–Kier alpha value is -1.06. The number of phenolic OH excluding ortho intramolecular Hbond substituents is 1. The summed E-state index contributed by atoms with van der Waals surface area (Å²) < 4.78 is 5.14. The Labute approximate surface area is 110 Å². The third-order valence-corrected chi connectivity index (χ3v) is 2.14. The topological polar surface area (TPSA) is 49.7 Å². The lowest BCUT2D eigenvalue weighted by Crippen LogP contribution is -2.23. The van der Waals surface area contributed by atoms with Gasteiger partial charge in [0.2, 0.25) is 0 Å². The smallest absolute Gasteiger partial charge is 0.159 e. The normalized spacial score (nSPS) is 11.0. The van der Waals surface area contributed by atoms with Gasteiger partial charge in [0, 0.05) is 6.61 Å². The Balaban J connectivity index is 0.000000351. The average Bonchev–Trinajstić information content (AvgIpc) is 2.25. The fraction of sp³-hybridized carbons (Fsp3) is 0.600. The van der Waals surface area contributed by atoms with Crippen LogP contribution in [0.15, 0.2) is 30.3 Å². The monoisotopic (exact) mass is 254 g/mol. The summed E-state index contributed by atoms with van der Waals surface area (Å²) in [5.74, 6) is 0.0830. The number of aromatic hydroxyl groups is 1. The summed E-state index contributed by atoms with van der Waals surface area (Å²) in [5, 5.41) is 17.8. The van der Waals surface area contributed by atoms with E-state index in [0.717, 1.165) is 18.8 Å². The first-order valence-electron chi connectivity index (χ1n) is 6.41. The minimum Gasteiger partial charge on any atom is -0.508 e. The first-order chi connectivity index (χ1) is 8.31. The molecule has 0 unspecified atom stereocenters. The van der Waals surface area contributed by atoms with Gasteiger partial charge >= 0.3 is 0 Å². The number of rotatable bonds is 5. The number of aliphatic hydroxyl groups is 1. The molecular formula is C15H26O3. The molecule has 0 bridgehead atoms. The Bertz CT molecular complexity index is 288. The zero-order valence-electron chi connectivity index (χ0n) is 11.9. The van der Waals surface area contributed by atoms with Gasteiger partial charge in [-0.3, -0.25) is 0 Å². The number of benzene rings is 1. The highest BCUT2D eigenvalue weighted by Gasteiger charge is 2.11. The second kappa shape index (κ2) is 8.95. The van der Waals surface area contributed by atoms with Crippen LogP contribution in [-0.2, 0) is 4.74 Å². The third-order valence-electron chi connectivity index (χ3n) is 2.14. The van der Waals surface area contributed by atoms with Crippen molar-refractivity contribution in [3.05, 3.63) is 30.3 Å². The van der Waals surface area contributed by atoms with Gasteiger partial charge in [0.25, 0.3) is 0 Å². The summed E-state index contributed by atoms with van der Waals surface area (Å²) in [4.78, 5) is 0. The predicted molar refractivity (Wildman–Crippen MR) is 74.4 cm³/mol. The van der Waals surface area contributed by atoms with Crippen molar-refractivity contribution in [2.24, 2.45) is 5.92 Å². The molecule has 1 aromatic rings. The van der Waals surface area contributed by atoms with Gasteiger partial charge in [0.15, 0.2) is 5.79 Å². The highest BCUT2D eigenvalue weighted by atomic mass is 16.6. The van der Waals surface area contributed by atoms with E-state index in [9.17, 15) is 0 Å². The van der Waals surface area contributed by atoms with E-state index in [1.807, 2.05) is 6.07 Å². The zero-order chi connectivity index (χ0) is 14.0. The molecule has 3 nitrogen and oxygen atoms in total. The second-order valence-electron chi connectivity index (χ2n) is 5.17. The molecule has 0 radical (unpaired) electrons. The molecule has 0 amide bonds. The molecule has 1 aromatic carbocycles. The summed E-state index contributed by atoms with van der Waals surface area (Å²) in [6.45, 7) is 8.33. The Kier molecular flexibility index (Phi) is 8.42. The Morgan fingerprint density at radius 2 is 1.72 bits per heavy atom. The maximum atomic E-state index is 9.16. The number of ether oxygens (including phenoxy) is 1. The molecule has 104 valence electrons. The van der Waals surface area contributed by atoms with Crippen molar-refractivity contribution in [3.8, 4) is 5.75 Å². The zero-order valence-corrected chi connectivity index (χ0v) is 11.9.